The van der Waals surface area contributed by atoms with Gasteiger partial charge in [0.15, 0.2) is 0 Å². The number of aryl methyl sites for hydroxylation is 1. The molecule has 0 fully saturated rings. The zero-order chi connectivity index (χ0) is 8.81. The van der Waals surface area contributed by atoms with Crippen molar-refractivity contribution in [2.45, 2.75) is 19.9 Å². The number of rotatable bonds is 5. The molecule has 0 spiro atoms. The second-order valence-electron chi connectivity index (χ2n) is 2.59. The SMILES string of the molecule is CCc1ccc(CNCCI)s1. The minimum Gasteiger partial charge on any atom is -0.311 e. The van der Waals surface area contributed by atoms with E-state index in [1.807, 2.05) is 11.3 Å². The molecule has 0 saturated heterocycles. The summed E-state index contributed by atoms with van der Waals surface area (Å²) in [6.45, 7) is 4.35. The van der Waals surface area contributed by atoms with Gasteiger partial charge in [0.2, 0.25) is 0 Å². The average molecular weight is 295 g/mol. The van der Waals surface area contributed by atoms with Crippen molar-refractivity contribution < 1.29 is 0 Å². The Labute approximate surface area is 91.7 Å². The highest BCUT2D eigenvalue weighted by Gasteiger charge is 1.96. The highest BCUT2D eigenvalue weighted by molar-refractivity contribution is 14.1. The van der Waals surface area contributed by atoms with Gasteiger partial charge in [-0.15, -0.1) is 11.3 Å². The van der Waals surface area contributed by atoms with Crippen LogP contribution in [0.4, 0.5) is 0 Å². The van der Waals surface area contributed by atoms with Crippen molar-refractivity contribution in [3.63, 3.8) is 0 Å². The third kappa shape index (κ3) is 3.41. The van der Waals surface area contributed by atoms with Gasteiger partial charge in [-0.3, -0.25) is 0 Å². The lowest BCUT2D eigenvalue weighted by atomic mass is 10.3. The normalized spacial score (nSPS) is 10.5. The van der Waals surface area contributed by atoms with E-state index in [4.69, 9.17) is 0 Å². The van der Waals surface area contributed by atoms with Gasteiger partial charge in [0, 0.05) is 27.3 Å². The molecule has 0 aromatic carbocycles. The lowest BCUT2D eigenvalue weighted by molar-refractivity contribution is 0.746. The van der Waals surface area contributed by atoms with Crippen LogP contribution < -0.4 is 5.32 Å². The molecule has 0 amide bonds. The number of hydrogen-bond acceptors (Lipinski definition) is 2. The molecule has 12 heavy (non-hydrogen) atoms. The maximum absolute atomic E-state index is 3.39. The Kier molecular flexibility index (Phi) is 5.18. The Bertz CT molecular complexity index is 222. The molecule has 0 bridgehead atoms. The van der Waals surface area contributed by atoms with E-state index in [1.54, 1.807) is 0 Å². The smallest absolute Gasteiger partial charge is 0.0300 e. The molecule has 0 aliphatic rings. The molecule has 68 valence electrons. The van der Waals surface area contributed by atoms with E-state index in [-0.39, 0.29) is 0 Å². The van der Waals surface area contributed by atoms with Gasteiger partial charge in [-0.25, -0.2) is 0 Å². The molecule has 0 saturated carbocycles. The highest BCUT2D eigenvalue weighted by Crippen LogP contribution is 2.16. The monoisotopic (exact) mass is 295 g/mol. The Morgan fingerprint density at radius 3 is 2.75 bits per heavy atom. The van der Waals surface area contributed by atoms with Crippen molar-refractivity contribution in [1.29, 1.82) is 0 Å². The van der Waals surface area contributed by atoms with Crippen molar-refractivity contribution in [3.05, 3.63) is 21.9 Å². The molecular weight excluding hydrogens is 281 g/mol. The first-order valence-corrected chi connectivity index (χ1v) is 6.55. The molecule has 0 atom stereocenters. The molecule has 1 rings (SSSR count). The van der Waals surface area contributed by atoms with Crippen LogP contribution in [-0.4, -0.2) is 11.0 Å². The maximum Gasteiger partial charge on any atom is 0.0300 e. The summed E-state index contributed by atoms with van der Waals surface area (Å²) in [6.07, 6.45) is 1.16. The van der Waals surface area contributed by atoms with Gasteiger partial charge in [-0.05, 0) is 18.6 Å². The Morgan fingerprint density at radius 2 is 2.17 bits per heavy atom. The highest BCUT2D eigenvalue weighted by atomic mass is 127. The molecule has 0 unspecified atom stereocenters. The average Bonchev–Trinajstić information content (AvgIpc) is 2.53. The molecular formula is C9H14INS. The van der Waals surface area contributed by atoms with Crippen LogP contribution in [0.2, 0.25) is 0 Å². The first-order chi connectivity index (χ1) is 5.86. The Balaban J connectivity index is 2.31. The minimum absolute atomic E-state index is 1.04. The van der Waals surface area contributed by atoms with Gasteiger partial charge in [0.25, 0.3) is 0 Å². The van der Waals surface area contributed by atoms with Crippen molar-refractivity contribution in [2.24, 2.45) is 0 Å². The quantitative estimate of drug-likeness (QED) is 0.500. The standard InChI is InChI=1S/C9H14INS/c1-2-8-3-4-9(12-8)7-11-6-5-10/h3-4,11H,2,5-7H2,1H3. The maximum atomic E-state index is 3.39. The zero-order valence-corrected chi connectivity index (χ0v) is 10.2. The summed E-state index contributed by atoms with van der Waals surface area (Å²) in [5.74, 6) is 0. The topological polar surface area (TPSA) is 12.0 Å². The third-order valence-electron chi connectivity index (χ3n) is 1.64. The van der Waals surface area contributed by atoms with E-state index >= 15 is 0 Å². The number of thiophene rings is 1. The Hall–Kier alpha value is 0.390. The first kappa shape index (κ1) is 10.5. The number of halogens is 1. The molecule has 0 aliphatic heterocycles. The van der Waals surface area contributed by atoms with Crippen molar-refractivity contribution in [3.8, 4) is 0 Å². The van der Waals surface area contributed by atoms with Crippen LogP contribution in [0, 0.1) is 0 Å². The summed E-state index contributed by atoms with van der Waals surface area (Å²) in [4.78, 5) is 2.94. The second-order valence-corrected chi connectivity index (χ2v) is 4.92. The molecule has 1 heterocycles. The van der Waals surface area contributed by atoms with Crippen LogP contribution in [0.1, 0.15) is 16.7 Å². The summed E-state index contributed by atoms with van der Waals surface area (Å²) in [5.41, 5.74) is 0. The fraction of sp³-hybridized carbons (Fsp3) is 0.556. The predicted octanol–water partition coefficient (Wildman–Crippen LogP) is 2.84. The molecule has 0 radical (unpaired) electrons. The van der Waals surface area contributed by atoms with Crippen LogP contribution in [0.3, 0.4) is 0 Å². The van der Waals surface area contributed by atoms with Gasteiger partial charge in [-0.2, -0.15) is 0 Å². The van der Waals surface area contributed by atoms with Gasteiger partial charge in [0.1, 0.15) is 0 Å². The van der Waals surface area contributed by atoms with E-state index in [9.17, 15) is 0 Å². The van der Waals surface area contributed by atoms with E-state index < -0.39 is 0 Å². The summed E-state index contributed by atoms with van der Waals surface area (Å²) in [7, 11) is 0. The van der Waals surface area contributed by atoms with Crippen LogP contribution in [0.5, 0.6) is 0 Å². The third-order valence-corrected chi connectivity index (χ3v) is 3.41. The number of hydrogen-bond donors (Lipinski definition) is 1. The molecule has 1 nitrogen and oxygen atoms in total. The van der Waals surface area contributed by atoms with Crippen LogP contribution in [-0.2, 0) is 13.0 Å². The van der Waals surface area contributed by atoms with Crippen LogP contribution >= 0.6 is 33.9 Å². The first-order valence-electron chi connectivity index (χ1n) is 4.21. The summed E-state index contributed by atoms with van der Waals surface area (Å²) in [6, 6.07) is 4.45. The van der Waals surface area contributed by atoms with E-state index in [0.29, 0.717) is 0 Å². The summed E-state index contributed by atoms with van der Waals surface area (Å²) < 4.78 is 1.18. The second kappa shape index (κ2) is 5.94. The molecule has 1 aromatic heterocycles. The largest absolute Gasteiger partial charge is 0.311 e. The zero-order valence-electron chi connectivity index (χ0n) is 7.27. The van der Waals surface area contributed by atoms with E-state index in [0.717, 1.165) is 19.5 Å². The van der Waals surface area contributed by atoms with E-state index in [2.05, 4.69) is 47.0 Å². The lowest BCUT2D eigenvalue weighted by Crippen LogP contribution is -2.14. The summed E-state index contributed by atoms with van der Waals surface area (Å²) in [5, 5.41) is 3.39. The van der Waals surface area contributed by atoms with Gasteiger partial charge in [0.05, 0.1) is 0 Å². The van der Waals surface area contributed by atoms with Gasteiger partial charge in [-0.1, -0.05) is 29.5 Å². The number of alkyl halides is 1. The number of nitrogens with one attached hydrogen (secondary N) is 1. The lowest BCUT2D eigenvalue weighted by Gasteiger charge is -1.97. The minimum atomic E-state index is 1.04. The molecule has 1 N–H and O–H groups in total. The summed E-state index contributed by atoms with van der Waals surface area (Å²) >= 11 is 4.30. The molecule has 3 heteroatoms. The Morgan fingerprint density at radius 1 is 1.42 bits per heavy atom. The predicted molar refractivity (Wildman–Crippen MR) is 64.3 cm³/mol. The van der Waals surface area contributed by atoms with Gasteiger partial charge < -0.3 is 5.32 Å². The fourth-order valence-corrected chi connectivity index (χ4v) is 2.29. The molecule has 1 aromatic rings. The molecule has 0 aliphatic carbocycles. The fourth-order valence-electron chi connectivity index (χ4n) is 0.986. The van der Waals surface area contributed by atoms with Gasteiger partial charge >= 0.3 is 0 Å². The van der Waals surface area contributed by atoms with E-state index in [1.165, 1.54) is 14.2 Å². The van der Waals surface area contributed by atoms with Crippen molar-refractivity contribution in [1.82, 2.24) is 5.32 Å². The van der Waals surface area contributed by atoms with Crippen molar-refractivity contribution in [2.75, 3.05) is 11.0 Å². The van der Waals surface area contributed by atoms with Crippen LogP contribution in [0.25, 0.3) is 0 Å². The van der Waals surface area contributed by atoms with Crippen LogP contribution in [0.15, 0.2) is 12.1 Å². The van der Waals surface area contributed by atoms with Crippen molar-refractivity contribution >= 4 is 33.9 Å².